The lowest BCUT2D eigenvalue weighted by molar-refractivity contribution is -0.132. The van der Waals surface area contributed by atoms with Crippen molar-refractivity contribution in [3.05, 3.63) is 131 Å². The maximum atomic E-state index is 13.7. The average molecular weight is 512 g/mol. The highest BCUT2D eigenvalue weighted by molar-refractivity contribution is 6.52. The minimum absolute atomic E-state index is 0.0545. The molecule has 1 aliphatic heterocycles. The lowest BCUT2D eigenvalue weighted by Gasteiger charge is -2.27. The third-order valence-electron chi connectivity index (χ3n) is 7.59. The maximum absolute atomic E-state index is 13.7. The predicted molar refractivity (Wildman–Crippen MR) is 158 cm³/mol. The number of hydrogen-bond donors (Lipinski definition) is 1. The zero-order valence-electron chi connectivity index (χ0n) is 22.2. The monoisotopic (exact) mass is 511 g/mol. The maximum Gasteiger partial charge on any atom is 0.300 e. The molecule has 0 saturated carbocycles. The van der Waals surface area contributed by atoms with E-state index in [0.717, 1.165) is 32.7 Å². The molecule has 0 aromatic heterocycles. The molecule has 0 aliphatic carbocycles. The molecule has 192 valence electrons. The van der Waals surface area contributed by atoms with Crippen molar-refractivity contribution < 1.29 is 14.7 Å². The number of nitrogens with zero attached hydrogens (tertiary/aromatic N) is 1. The highest BCUT2D eigenvalue weighted by atomic mass is 16.3. The molecule has 1 unspecified atom stereocenters. The van der Waals surface area contributed by atoms with Crippen LogP contribution in [0.25, 0.3) is 27.3 Å². The third kappa shape index (κ3) is 4.18. The summed E-state index contributed by atoms with van der Waals surface area (Å²) in [5.74, 6) is -1.52. The highest BCUT2D eigenvalue weighted by Gasteiger charge is 2.47. The molecule has 1 heterocycles. The van der Waals surface area contributed by atoms with Crippen molar-refractivity contribution in [1.29, 1.82) is 0 Å². The van der Waals surface area contributed by atoms with Gasteiger partial charge in [-0.25, -0.2) is 0 Å². The summed E-state index contributed by atoms with van der Waals surface area (Å²) in [6.07, 6.45) is 0. The molecule has 1 atom stereocenters. The Labute approximate surface area is 227 Å². The van der Waals surface area contributed by atoms with Crippen LogP contribution in [0.3, 0.4) is 0 Å². The lowest BCUT2D eigenvalue weighted by atomic mass is 9.85. The van der Waals surface area contributed by atoms with E-state index in [1.54, 1.807) is 11.0 Å². The molecule has 6 rings (SSSR count). The number of ketones is 1. The minimum atomic E-state index is -0.781. The Morgan fingerprint density at radius 2 is 1.36 bits per heavy atom. The lowest BCUT2D eigenvalue weighted by Crippen LogP contribution is -2.29. The molecule has 1 N–H and O–H groups in total. The molecular formula is C35H29NO3. The summed E-state index contributed by atoms with van der Waals surface area (Å²) in [6.45, 7) is 6.43. The van der Waals surface area contributed by atoms with Gasteiger partial charge in [-0.05, 0) is 44.8 Å². The van der Waals surface area contributed by atoms with E-state index in [9.17, 15) is 14.7 Å². The van der Waals surface area contributed by atoms with Crippen LogP contribution in [0.2, 0.25) is 0 Å². The van der Waals surface area contributed by atoms with Gasteiger partial charge >= 0.3 is 0 Å². The number of amides is 1. The van der Waals surface area contributed by atoms with E-state index in [0.29, 0.717) is 11.3 Å². The van der Waals surface area contributed by atoms with Crippen molar-refractivity contribution in [3.63, 3.8) is 0 Å². The summed E-state index contributed by atoms with van der Waals surface area (Å²) in [4.78, 5) is 29.0. The average Bonchev–Trinajstić information content (AvgIpc) is 3.21. The van der Waals surface area contributed by atoms with Gasteiger partial charge in [0.05, 0.1) is 17.3 Å². The van der Waals surface area contributed by atoms with Gasteiger partial charge in [-0.1, -0.05) is 118 Å². The zero-order chi connectivity index (χ0) is 27.3. The minimum Gasteiger partial charge on any atom is -0.507 e. The molecule has 4 heteroatoms. The van der Waals surface area contributed by atoms with Crippen molar-refractivity contribution in [2.75, 3.05) is 4.90 Å². The van der Waals surface area contributed by atoms with Crippen LogP contribution in [0.4, 0.5) is 5.69 Å². The fourth-order valence-electron chi connectivity index (χ4n) is 5.47. The van der Waals surface area contributed by atoms with Crippen molar-refractivity contribution in [1.82, 2.24) is 0 Å². The van der Waals surface area contributed by atoms with Gasteiger partial charge in [0.25, 0.3) is 11.7 Å². The second-order valence-corrected chi connectivity index (χ2v) is 11.1. The summed E-state index contributed by atoms with van der Waals surface area (Å²) in [6, 6.07) is 34.2. The number of aliphatic hydroxyl groups is 1. The number of hydrogen-bond acceptors (Lipinski definition) is 3. The summed E-state index contributed by atoms with van der Waals surface area (Å²) in [5.41, 5.74) is 3.08. The van der Waals surface area contributed by atoms with Crippen LogP contribution in [0, 0.1) is 0 Å². The number of Topliss-reactive ketones (excluding diaryl/α,β-unsaturated/α-hetero) is 1. The van der Waals surface area contributed by atoms with E-state index in [1.807, 2.05) is 103 Å². The first kappa shape index (κ1) is 24.6. The van der Waals surface area contributed by atoms with Crippen molar-refractivity contribution in [2.24, 2.45) is 0 Å². The molecule has 5 aromatic rings. The van der Waals surface area contributed by atoms with Crippen LogP contribution in [-0.2, 0) is 15.0 Å². The Kier molecular flexibility index (Phi) is 5.84. The number of fused-ring (bicyclic) bond motifs is 2. The van der Waals surface area contributed by atoms with E-state index >= 15 is 0 Å². The summed E-state index contributed by atoms with van der Waals surface area (Å²) < 4.78 is 0. The van der Waals surface area contributed by atoms with Crippen LogP contribution in [0.5, 0.6) is 0 Å². The van der Waals surface area contributed by atoms with Crippen LogP contribution >= 0.6 is 0 Å². The largest absolute Gasteiger partial charge is 0.507 e. The van der Waals surface area contributed by atoms with E-state index in [1.165, 1.54) is 0 Å². The van der Waals surface area contributed by atoms with Crippen LogP contribution in [-0.4, -0.2) is 16.8 Å². The molecule has 1 fully saturated rings. The first-order valence-electron chi connectivity index (χ1n) is 13.1. The highest BCUT2D eigenvalue weighted by Crippen LogP contribution is 2.44. The van der Waals surface area contributed by atoms with Gasteiger partial charge in [0.15, 0.2) is 0 Å². The molecular weight excluding hydrogens is 482 g/mol. The van der Waals surface area contributed by atoms with E-state index in [2.05, 4.69) is 20.8 Å². The van der Waals surface area contributed by atoms with E-state index < -0.39 is 17.7 Å². The second kappa shape index (κ2) is 9.25. The number of anilines is 1. The van der Waals surface area contributed by atoms with Gasteiger partial charge < -0.3 is 5.11 Å². The van der Waals surface area contributed by atoms with E-state index in [-0.39, 0.29) is 16.7 Å². The zero-order valence-corrected chi connectivity index (χ0v) is 22.2. The Hall–Kier alpha value is -4.70. The number of aliphatic hydroxyl groups excluding tert-OH is 1. The molecule has 39 heavy (non-hydrogen) atoms. The SMILES string of the molecule is CC(C)(C)c1ccc(C2/C(=C(\O)c3ccc4ccccc4c3)C(=O)C(=O)N2c2cccc3ccccc23)cc1. The fourth-order valence-corrected chi connectivity index (χ4v) is 5.47. The number of carbonyl (C=O) groups excluding carboxylic acids is 2. The molecule has 1 saturated heterocycles. The quantitative estimate of drug-likeness (QED) is 0.152. The standard InChI is InChI=1S/C35H29NO3/c1-35(2,3)27-19-17-24(18-20-27)31-30(32(37)26-16-15-22-9-4-5-11-25(22)21-26)33(38)34(39)36(31)29-14-8-12-23-10-6-7-13-28(23)29/h4-21,31,37H,1-3H3/b32-30+. The van der Waals surface area contributed by atoms with Gasteiger partial charge in [0.1, 0.15) is 5.76 Å². The smallest absolute Gasteiger partial charge is 0.300 e. The molecule has 1 aliphatic rings. The van der Waals surface area contributed by atoms with Crippen molar-refractivity contribution >= 4 is 44.7 Å². The van der Waals surface area contributed by atoms with Gasteiger partial charge in [-0.2, -0.15) is 0 Å². The summed E-state index contributed by atoms with van der Waals surface area (Å²) in [5, 5.41) is 15.4. The van der Waals surface area contributed by atoms with Crippen LogP contribution in [0.1, 0.15) is 43.5 Å². The Morgan fingerprint density at radius 3 is 2.08 bits per heavy atom. The topological polar surface area (TPSA) is 57.6 Å². The fraction of sp³-hybridized carbons (Fsp3) is 0.143. The van der Waals surface area contributed by atoms with Crippen molar-refractivity contribution in [3.8, 4) is 0 Å². The summed E-state index contributed by atoms with van der Waals surface area (Å²) in [7, 11) is 0. The number of benzene rings is 5. The van der Waals surface area contributed by atoms with E-state index in [4.69, 9.17) is 0 Å². The van der Waals surface area contributed by atoms with Gasteiger partial charge in [0.2, 0.25) is 0 Å². The van der Waals surface area contributed by atoms with Crippen LogP contribution < -0.4 is 4.90 Å². The van der Waals surface area contributed by atoms with Crippen LogP contribution in [0.15, 0.2) is 115 Å². The third-order valence-corrected chi connectivity index (χ3v) is 7.59. The predicted octanol–water partition coefficient (Wildman–Crippen LogP) is 7.92. The first-order chi connectivity index (χ1) is 18.7. The second-order valence-electron chi connectivity index (χ2n) is 11.1. The van der Waals surface area contributed by atoms with Crippen molar-refractivity contribution in [2.45, 2.75) is 32.2 Å². The molecule has 5 aromatic carbocycles. The molecule has 1 amide bonds. The molecule has 0 radical (unpaired) electrons. The Bertz CT molecular complexity index is 1790. The number of carbonyl (C=O) groups is 2. The Morgan fingerprint density at radius 1 is 0.718 bits per heavy atom. The molecule has 0 spiro atoms. The molecule has 4 nitrogen and oxygen atoms in total. The molecule has 0 bridgehead atoms. The van der Waals surface area contributed by atoms with Gasteiger partial charge in [-0.15, -0.1) is 0 Å². The normalized spacial score (nSPS) is 17.3. The summed E-state index contributed by atoms with van der Waals surface area (Å²) >= 11 is 0. The first-order valence-corrected chi connectivity index (χ1v) is 13.1. The van der Waals surface area contributed by atoms with Gasteiger partial charge in [0, 0.05) is 10.9 Å². The van der Waals surface area contributed by atoms with Gasteiger partial charge in [-0.3, -0.25) is 14.5 Å². The number of rotatable bonds is 3. The Balaban J connectivity index is 1.59.